The largest absolute Gasteiger partial charge is 0.370 e. The van der Waals surface area contributed by atoms with Gasteiger partial charge in [0.2, 0.25) is 0 Å². The number of hydrogen-bond donors (Lipinski definition) is 2. The van der Waals surface area contributed by atoms with E-state index in [-0.39, 0.29) is 0 Å². The summed E-state index contributed by atoms with van der Waals surface area (Å²) in [6.07, 6.45) is 3.68. The van der Waals surface area contributed by atoms with Crippen LogP contribution in [0.15, 0.2) is 24.3 Å². The summed E-state index contributed by atoms with van der Waals surface area (Å²) in [5, 5.41) is 6.61. The molecule has 1 aromatic heterocycles. The molecule has 0 atom stereocenters. The number of rotatable bonds is 4. The normalized spacial score (nSPS) is 13.1. The lowest BCUT2D eigenvalue weighted by molar-refractivity contribution is 0.912. The van der Waals surface area contributed by atoms with E-state index >= 15 is 0 Å². The Morgan fingerprint density at radius 1 is 1.05 bits per heavy atom. The van der Waals surface area contributed by atoms with Gasteiger partial charge in [0.05, 0.1) is 0 Å². The lowest BCUT2D eigenvalue weighted by atomic mass is 10.1. The Kier molecular flexibility index (Phi) is 3.54. The number of aromatic nitrogens is 2. The summed E-state index contributed by atoms with van der Waals surface area (Å²) in [7, 11) is 0. The fraction of sp³-hybridized carbons (Fsp3) is 0.375. The summed E-state index contributed by atoms with van der Waals surface area (Å²) < 4.78 is 0. The van der Waals surface area contributed by atoms with Crippen LogP contribution in [0.5, 0.6) is 0 Å². The van der Waals surface area contributed by atoms with E-state index in [0.717, 1.165) is 29.7 Å². The molecule has 2 N–H and O–H groups in total. The number of hydrogen-bond acceptors (Lipinski definition) is 4. The maximum absolute atomic E-state index is 4.44. The fourth-order valence-corrected chi connectivity index (χ4v) is 2.70. The second-order valence-corrected chi connectivity index (χ2v) is 5.18. The van der Waals surface area contributed by atoms with Crippen LogP contribution in [-0.4, -0.2) is 16.5 Å². The van der Waals surface area contributed by atoms with Gasteiger partial charge in [0.15, 0.2) is 0 Å². The topological polar surface area (TPSA) is 49.8 Å². The van der Waals surface area contributed by atoms with Crippen molar-refractivity contribution < 1.29 is 0 Å². The van der Waals surface area contributed by atoms with Gasteiger partial charge in [0.25, 0.3) is 0 Å². The third-order valence-electron chi connectivity index (χ3n) is 3.57. The van der Waals surface area contributed by atoms with Crippen molar-refractivity contribution in [2.75, 3.05) is 17.2 Å². The first-order valence-corrected chi connectivity index (χ1v) is 7.23. The van der Waals surface area contributed by atoms with Gasteiger partial charge >= 0.3 is 0 Å². The zero-order chi connectivity index (χ0) is 13.9. The average molecular weight is 268 g/mol. The molecule has 20 heavy (non-hydrogen) atoms. The molecular weight excluding hydrogens is 248 g/mol. The smallest absolute Gasteiger partial charge is 0.136 e. The Balaban J connectivity index is 1.83. The van der Waals surface area contributed by atoms with Crippen LogP contribution in [0, 0.1) is 6.92 Å². The Morgan fingerprint density at radius 2 is 1.85 bits per heavy atom. The molecule has 1 aliphatic carbocycles. The summed E-state index contributed by atoms with van der Waals surface area (Å²) >= 11 is 0. The van der Waals surface area contributed by atoms with Gasteiger partial charge in [-0.25, -0.2) is 9.97 Å². The van der Waals surface area contributed by atoms with Crippen molar-refractivity contribution in [3.05, 3.63) is 41.2 Å². The van der Waals surface area contributed by atoms with Crippen molar-refractivity contribution in [1.82, 2.24) is 9.97 Å². The van der Waals surface area contributed by atoms with Crippen LogP contribution >= 0.6 is 0 Å². The van der Waals surface area contributed by atoms with E-state index in [1.807, 2.05) is 13.0 Å². The first-order chi connectivity index (χ1) is 9.74. The number of aryl methyl sites for hydroxylation is 3. The van der Waals surface area contributed by atoms with Crippen LogP contribution in [-0.2, 0) is 12.8 Å². The van der Waals surface area contributed by atoms with Gasteiger partial charge in [-0.05, 0) is 56.4 Å². The minimum Gasteiger partial charge on any atom is -0.370 e. The minimum atomic E-state index is 0.770. The highest BCUT2D eigenvalue weighted by atomic mass is 15.1. The van der Waals surface area contributed by atoms with Crippen molar-refractivity contribution in [1.29, 1.82) is 0 Å². The molecule has 0 radical (unpaired) electrons. The molecule has 0 amide bonds. The molecule has 0 bridgehead atoms. The number of anilines is 3. The Morgan fingerprint density at radius 3 is 2.70 bits per heavy atom. The average Bonchev–Trinajstić information content (AvgIpc) is 2.85. The van der Waals surface area contributed by atoms with Gasteiger partial charge in [0.1, 0.15) is 17.5 Å². The van der Waals surface area contributed by atoms with Crippen LogP contribution in [0.25, 0.3) is 0 Å². The zero-order valence-electron chi connectivity index (χ0n) is 12.0. The van der Waals surface area contributed by atoms with Crippen molar-refractivity contribution in [2.24, 2.45) is 0 Å². The Bertz CT molecular complexity index is 622. The van der Waals surface area contributed by atoms with Crippen molar-refractivity contribution >= 4 is 17.3 Å². The zero-order valence-corrected chi connectivity index (χ0v) is 12.0. The molecule has 1 heterocycles. The molecule has 0 spiro atoms. The summed E-state index contributed by atoms with van der Waals surface area (Å²) in [6, 6.07) is 8.55. The van der Waals surface area contributed by atoms with Gasteiger partial charge in [0, 0.05) is 18.3 Å². The molecule has 0 saturated carbocycles. The monoisotopic (exact) mass is 268 g/mol. The number of fused-ring (bicyclic) bond motifs is 1. The van der Waals surface area contributed by atoms with E-state index in [0.29, 0.717) is 0 Å². The van der Waals surface area contributed by atoms with Crippen molar-refractivity contribution in [2.45, 2.75) is 33.1 Å². The standard InChI is InChI=1S/C16H20N4/c1-3-17-15-10-16(19-11(2)18-15)20-14-8-7-12-5-4-6-13(12)9-14/h7-10H,3-6H2,1-2H3,(H2,17,18,19,20). The predicted molar refractivity (Wildman–Crippen MR) is 82.7 cm³/mol. The number of nitrogens with zero attached hydrogens (tertiary/aromatic N) is 2. The van der Waals surface area contributed by atoms with E-state index in [1.165, 1.54) is 30.4 Å². The maximum Gasteiger partial charge on any atom is 0.136 e. The second kappa shape index (κ2) is 5.49. The first kappa shape index (κ1) is 12.9. The highest BCUT2D eigenvalue weighted by Gasteiger charge is 2.11. The lowest BCUT2D eigenvalue weighted by Crippen LogP contribution is -2.04. The molecule has 104 valence electrons. The van der Waals surface area contributed by atoms with Gasteiger partial charge in [-0.1, -0.05) is 6.07 Å². The molecule has 4 nitrogen and oxygen atoms in total. The molecule has 1 aromatic carbocycles. The van der Waals surface area contributed by atoms with E-state index in [2.05, 4.69) is 45.7 Å². The summed E-state index contributed by atoms with van der Waals surface area (Å²) in [5.74, 6) is 2.47. The van der Waals surface area contributed by atoms with Gasteiger partial charge in [-0.3, -0.25) is 0 Å². The predicted octanol–water partition coefficient (Wildman–Crippen LogP) is 3.45. The number of nitrogens with one attached hydrogen (secondary N) is 2. The maximum atomic E-state index is 4.44. The van der Waals surface area contributed by atoms with Crippen LogP contribution in [0.3, 0.4) is 0 Å². The van der Waals surface area contributed by atoms with E-state index in [4.69, 9.17) is 0 Å². The SMILES string of the molecule is CCNc1cc(Nc2ccc3c(c2)CCC3)nc(C)n1. The highest BCUT2D eigenvalue weighted by molar-refractivity contribution is 5.61. The quantitative estimate of drug-likeness (QED) is 0.891. The summed E-state index contributed by atoms with van der Waals surface area (Å²) in [4.78, 5) is 8.80. The molecule has 1 aliphatic rings. The molecule has 0 fully saturated rings. The van der Waals surface area contributed by atoms with Crippen molar-refractivity contribution in [3.8, 4) is 0 Å². The van der Waals surface area contributed by atoms with E-state index in [1.54, 1.807) is 0 Å². The van der Waals surface area contributed by atoms with Gasteiger partial charge in [-0.2, -0.15) is 0 Å². The molecule has 0 saturated heterocycles. The Labute approximate surface area is 119 Å². The molecule has 0 unspecified atom stereocenters. The first-order valence-electron chi connectivity index (χ1n) is 7.23. The molecule has 0 aliphatic heterocycles. The van der Waals surface area contributed by atoms with Crippen LogP contribution in [0.1, 0.15) is 30.3 Å². The molecular formula is C16H20N4. The fourth-order valence-electron chi connectivity index (χ4n) is 2.70. The third kappa shape index (κ3) is 2.74. The molecule has 2 aromatic rings. The number of benzene rings is 1. The van der Waals surface area contributed by atoms with Gasteiger partial charge < -0.3 is 10.6 Å². The lowest BCUT2D eigenvalue weighted by Gasteiger charge is -2.10. The Hall–Kier alpha value is -2.10. The highest BCUT2D eigenvalue weighted by Crippen LogP contribution is 2.26. The minimum absolute atomic E-state index is 0.770. The van der Waals surface area contributed by atoms with Crippen LogP contribution in [0.2, 0.25) is 0 Å². The molecule has 4 heteroatoms. The second-order valence-electron chi connectivity index (χ2n) is 5.18. The van der Waals surface area contributed by atoms with Gasteiger partial charge in [-0.15, -0.1) is 0 Å². The summed E-state index contributed by atoms with van der Waals surface area (Å²) in [6.45, 7) is 4.83. The molecule has 3 rings (SSSR count). The van der Waals surface area contributed by atoms with E-state index in [9.17, 15) is 0 Å². The third-order valence-corrected chi connectivity index (χ3v) is 3.57. The van der Waals surface area contributed by atoms with Crippen LogP contribution < -0.4 is 10.6 Å². The van der Waals surface area contributed by atoms with Crippen LogP contribution in [0.4, 0.5) is 17.3 Å². The summed E-state index contributed by atoms with van der Waals surface area (Å²) in [5.41, 5.74) is 4.06. The van der Waals surface area contributed by atoms with E-state index < -0.39 is 0 Å². The van der Waals surface area contributed by atoms with Crippen molar-refractivity contribution in [3.63, 3.8) is 0 Å².